The van der Waals surface area contributed by atoms with E-state index in [0.717, 1.165) is 12.4 Å². The summed E-state index contributed by atoms with van der Waals surface area (Å²) in [4.78, 5) is 22.0. The van der Waals surface area contributed by atoms with Crippen molar-refractivity contribution in [1.82, 2.24) is 0 Å². The molecule has 0 amide bonds. The first-order valence-electron chi connectivity index (χ1n) is 6.03. The second-order valence-corrected chi connectivity index (χ2v) is 5.73. The third-order valence-electron chi connectivity index (χ3n) is 2.94. The third kappa shape index (κ3) is 3.61. The van der Waals surface area contributed by atoms with Gasteiger partial charge in [-0.1, -0.05) is 12.6 Å². The van der Waals surface area contributed by atoms with E-state index < -0.39 is 15.9 Å². The molecule has 0 aromatic heterocycles. The summed E-state index contributed by atoms with van der Waals surface area (Å²) < 4.78 is 32.1. The Kier molecular flexibility index (Phi) is 5.35. The highest BCUT2D eigenvalue weighted by Gasteiger charge is 2.22. The molecule has 0 spiro atoms. The van der Waals surface area contributed by atoms with E-state index in [1.54, 1.807) is 6.92 Å². The van der Waals surface area contributed by atoms with E-state index in [0.29, 0.717) is 12.0 Å². The van der Waals surface area contributed by atoms with Crippen LogP contribution in [0.15, 0.2) is 29.7 Å². The Morgan fingerprint density at radius 2 is 2.05 bits per heavy atom. The number of allylic oxidation sites excluding steroid dienone is 1. The molecule has 1 aromatic rings. The number of hydrogen-bond donors (Lipinski definition) is 1. The molecule has 0 unspecified atom stereocenters. The van der Waals surface area contributed by atoms with Gasteiger partial charge in [-0.25, -0.2) is 0 Å². The summed E-state index contributed by atoms with van der Waals surface area (Å²) in [6.45, 7) is 5.06. The topological polar surface area (TPSA) is 88.5 Å². The minimum Gasteiger partial charge on any atom is -0.303 e. The minimum absolute atomic E-state index is 0.213. The van der Waals surface area contributed by atoms with Crippen LogP contribution in [0.1, 0.15) is 34.3 Å². The fraction of sp³-hybridized carbons (Fsp3) is 0.286. The van der Waals surface area contributed by atoms with E-state index in [-0.39, 0.29) is 28.9 Å². The Bertz CT molecular complexity index is 644. The SMILES string of the molecule is C=CC(=O)c1c(C)ccc(S(=O)(=O)O)c1CCCC=O. The van der Waals surface area contributed by atoms with Crippen molar-refractivity contribution < 1.29 is 22.6 Å². The molecule has 0 fully saturated rings. The average Bonchev–Trinajstić information content (AvgIpc) is 2.37. The van der Waals surface area contributed by atoms with Crippen LogP contribution in [0.4, 0.5) is 0 Å². The lowest BCUT2D eigenvalue weighted by molar-refractivity contribution is -0.107. The average molecular weight is 296 g/mol. The summed E-state index contributed by atoms with van der Waals surface area (Å²) in [5.41, 5.74) is 1.06. The molecule has 1 rings (SSSR count). The number of aryl methyl sites for hydroxylation is 1. The highest BCUT2D eigenvalue weighted by molar-refractivity contribution is 7.85. The molecule has 1 aromatic carbocycles. The maximum Gasteiger partial charge on any atom is 0.294 e. The van der Waals surface area contributed by atoms with Crippen LogP contribution in [-0.4, -0.2) is 25.0 Å². The van der Waals surface area contributed by atoms with Crippen molar-refractivity contribution in [2.24, 2.45) is 0 Å². The molecule has 108 valence electrons. The molecule has 0 radical (unpaired) electrons. The number of unbranched alkanes of at least 4 members (excludes halogenated alkanes) is 1. The lowest BCUT2D eigenvalue weighted by Gasteiger charge is -2.13. The van der Waals surface area contributed by atoms with Crippen LogP contribution in [0.25, 0.3) is 0 Å². The standard InChI is InChI=1S/C14H16O5S/c1-3-12(16)14-10(2)7-8-13(20(17,18)19)11(14)6-4-5-9-15/h3,7-9H,1,4-6H2,2H3,(H,17,18,19). The molecule has 0 heterocycles. The number of benzene rings is 1. The molecule has 0 aliphatic carbocycles. The number of ketones is 1. The predicted octanol–water partition coefficient (Wildman–Crippen LogP) is 2.13. The fourth-order valence-electron chi connectivity index (χ4n) is 2.04. The van der Waals surface area contributed by atoms with Gasteiger partial charge >= 0.3 is 0 Å². The van der Waals surface area contributed by atoms with Gasteiger partial charge < -0.3 is 4.79 Å². The van der Waals surface area contributed by atoms with E-state index in [4.69, 9.17) is 0 Å². The van der Waals surface area contributed by atoms with Gasteiger partial charge in [-0.2, -0.15) is 8.42 Å². The summed E-state index contributed by atoms with van der Waals surface area (Å²) in [5, 5.41) is 0. The summed E-state index contributed by atoms with van der Waals surface area (Å²) in [6, 6.07) is 2.73. The molecular weight excluding hydrogens is 280 g/mol. The van der Waals surface area contributed by atoms with Crippen LogP contribution in [0.2, 0.25) is 0 Å². The zero-order valence-electron chi connectivity index (χ0n) is 11.1. The van der Waals surface area contributed by atoms with E-state index >= 15 is 0 Å². The first-order valence-corrected chi connectivity index (χ1v) is 7.47. The molecule has 1 N–H and O–H groups in total. The summed E-state index contributed by atoms with van der Waals surface area (Å²) >= 11 is 0. The lowest BCUT2D eigenvalue weighted by Crippen LogP contribution is -2.11. The van der Waals surface area contributed by atoms with Gasteiger partial charge in [0, 0.05) is 12.0 Å². The van der Waals surface area contributed by atoms with E-state index in [1.165, 1.54) is 12.1 Å². The smallest absolute Gasteiger partial charge is 0.294 e. The number of carbonyl (C=O) groups excluding carboxylic acids is 2. The molecule has 0 atom stereocenters. The Morgan fingerprint density at radius 1 is 1.40 bits per heavy atom. The number of rotatable bonds is 7. The monoisotopic (exact) mass is 296 g/mol. The van der Waals surface area contributed by atoms with Gasteiger partial charge in [-0.3, -0.25) is 9.35 Å². The quantitative estimate of drug-likeness (QED) is 0.274. The van der Waals surface area contributed by atoms with E-state index in [9.17, 15) is 22.6 Å². The molecule has 20 heavy (non-hydrogen) atoms. The summed E-state index contributed by atoms with van der Waals surface area (Å²) in [6.07, 6.45) is 2.68. The van der Waals surface area contributed by atoms with Gasteiger partial charge in [-0.15, -0.1) is 0 Å². The maximum atomic E-state index is 11.9. The van der Waals surface area contributed by atoms with Gasteiger partial charge in [0.1, 0.15) is 6.29 Å². The Labute approximate surface area is 118 Å². The zero-order valence-corrected chi connectivity index (χ0v) is 11.9. The van der Waals surface area contributed by atoms with Crippen molar-refractivity contribution >= 4 is 22.2 Å². The third-order valence-corrected chi connectivity index (χ3v) is 3.88. The Balaban J connectivity index is 3.51. The second kappa shape index (κ2) is 6.58. The van der Waals surface area contributed by atoms with E-state index in [2.05, 4.69) is 6.58 Å². The normalized spacial score (nSPS) is 11.1. The maximum absolute atomic E-state index is 11.9. The fourth-order valence-corrected chi connectivity index (χ4v) is 2.80. The first kappa shape index (κ1) is 16.3. The lowest BCUT2D eigenvalue weighted by atomic mass is 9.94. The zero-order chi connectivity index (χ0) is 15.3. The van der Waals surface area contributed by atoms with Crippen LogP contribution >= 0.6 is 0 Å². The predicted molar refractivity (Wildman–Crippen MR) is 74.5 cm³/mol. The van der Waals surface area contributed by atoms with Crippen molar-refractivity contribution in [2.45, 2.75) is 31.1 Å². The van der Waals surface area contributed by atoms with Crippen LogP contribution in [-0.2, 0) is 21.3 Å². The number of aldehydes is 1. The van der Waals surface area contributed by atoms with Crippen molar-refractivity contribution in [2.75, 3.05) is 0 Å². The van der Waals surface area contributed by atoms with Crippen molar-refractivity contribution in [3.8, 4) is 0 Å². The first-order chi connectivity index (χ1) is 9.32. The van der Waals surface area contributed by atoms with Crippen molar-refractivity contribution in [3.05, 3.63) is 41.5 Å². The molecule has 0 aliphatic rings. The van der Waals surface area contributed by atoms with Crippen molar-refractivity contribution in [1.29, 1.82) is 0 Å². The molecule has 5 nitrogen and oxygen atoms in total. The Morgan fingerprint density at radius 3 is 2.55 bits per heavy atom. The highest BCUT2D eigenvalue weighted by Crippen LogP contribution is 2.25. The largest absolute Gasteiger partial charge is 0.303 e. The van der Waals surface area contributed by atoms with Gasteiger partial charge in [-0.05, 0) is 43.0 Å². The van der Waals surface area contributed by atoms with Gasteiger partial charge in [0.05, 0.1) is 4.90 Å². The molecule has 0 saturated heterocycles. The van der Waals surface area contributed by atoms with Crippen LogP contribution in [0, 0.1) is 6.92 Å². The minimum atomic E-state index is -4.43. The number of hydrogen-bond acceptors (Lipinski definition) is 4. The Hall–Kier alpha value is -1.79. The van der Waals surface area contributed by atoms with Crippen LogP contribution in [0.3, 0.4) is 0 Å². The van der Waals surface area contributed by atoms with Crippen LogP contribution < -0.4 is 0 Å². The highest BCUT2D eigenvalue weighted by atomic mass is 32.2. The molecule has 6 heteroatoms. The van der Waals surface area contributed by atoms with Crippen molar-refractivity contribution in [3.63, 3.8) is 0 Å². The number of carbonyl (C=O) groups is 2. The van der Waals surface area contributed by atoms with Gasteiger partial charge in [0.2, 0.25) is 0 Å². The molecular formula is C14H16O5S. The van der Waals surface area contributed by atoms with Crippen LogP contribution in [0.5, 0.6) is 0 Å². The van der Waals surface area contributed by atoms with Gasteiger partial charge in [0.25, 0.3) is 10.1 Å². The summed E-state index contributed by atoms with van der Waals surface area (Å²) in [7, 11) is -4.43. The molecule has 0 saturated carbocycles. The van der Waals surface area contributed by atoms with E-state index in [1.807, 2.05) is 0 Å². The summed E-state index contributed by atoms with van der Waals surface area (Å²) in [5.74, 6) is -0.408. The van der Waals surface area contributed by atoms with Gasteiger partial charge in [0.15, 0.2) is 5.78 Å². The second-order valence-electron chi connectivity index (χ2n) is 4.34. The molecule has 0 bridgehead atoms. The molecule has 0 aliphatic heterocycles.